The fourth-order valence-corrected chi connectivity index (χ4v) is 1.89. The summed E-state index contributed by atoms with van der Waals surface area (Å²) >= 11 is 5.90. The van der Waals surface area contributed by atoms with Gasteiger partial charge >= 0.3 is 5.97 Å². The van der Waals surface area contributed by atoms with E-state index in [9.17, 15) is 4.79 Å². The highest BCUT2D eigenvalue weighted by molar-refractivity contribution is 6.35. The average molecular weight is 268 g/mol. The minimum atomic E-state index is -1.24. The molecule has 6 nitrogen and oxygen atoms in total. The molecule has 1 aliphatic rings. The first kappa shape index (κ1) is 10.9. The number of aromatic nitrogens is 1. The molecule has 0 spiro atoms. The summed E-state index contributed by atoms with van der Waals surface area (Å²) in [7, 11) is 0. The summed E-state index contributed by atoms with van der Waals surface area (Å²) in [5.74, 6) is 0.118. The SMILES string of the molecule is O=C(O)c1noc(-c2ccc3c(c2)OCO3)c1Cl. The van der Waals surface area contributed by atoms with Crippen LogP contribution in [0.15, 0.2) is 22.7 Å². The maximum atomic E-state index is 10.8. The molecule has 0 atom stereocenters. The lowest BCUT2D eigenvalue weighted by Gasteiger charge is -1.99. The van der Waals surface area contributed by atoms with Crippen LogP contribution in [0.3, 0.4) is 0 Å². The largest absolute Gasteiger partial charge is 0.476 e. The molecular formula is C11H6ClNO5. The second kappa shape index (κ2) is 3.92. The summed E-state index contributed by atoms with van der Waals surface area (Å²) in [6.07, 6.45) is 0. The predicted octanol–water partition coefficient (Wildman–Crippen LogP) is 2.42. The van der Waals surface area contributed by atoms with E-state index in [1.54, 1.807) is 18.2 Å². The summed E-state index contributed by atoms with van der Waals surface area (Å²) in [6, 6.07) is 5.03. The average Bonchev–Trinajstić information content (AvgIpc) is 2.93. The minimum absolute atomic E-state index is 0.0404. The Kier molecular flexibility index (Phi) is 2.38. The molecule has 0 radical (unpaired) electrons. The van der Waals surface area contributed by atoms with Gasteiger partial charge in [-0.15, -0.1) is 0 Å². The van der Waals surface area contributed by atoms with Crippen molar-refractivity contribution in [1.82, 2.24) is 5.16 Å². The second-order valence-corrected chi connectivity index (χ2v) is 3.93. The lowest BCUT2D eigenvalue weighted by Crippen LogP contribution is -1.96. The van der Waals surface area contributed by atoms with Crippen LogP contribution in [0, 0.1) is 0 Å². The molecule has 7 heteroatoms. The third-order valence-corrected chi connectivity index (χ3v) is 2.82. The molecule has 0 fully saturated rings. The third-order valence-electron chi connectivity index (χ3n) is 2.47. The van der Waals surface area contributed by atoms with Gasteiger partial charge in [-0.2, -0.15) is 0 Å². The molecule has 92 valence electrons. The third kappa shape index (κ3) is 1.58. The van der Waals surface area contributed by atoms with Crippen LogP contribution in [0.5, 0.6) is 11.5 Å². The van der Waals surface area contributed by atoms with Crippen molar-refractivity contribution in [2.45, 2.75) is 0 Å². The summed E-state index contributed by atoms with van der Waals surface area (Å²) in [4.78, 5) is 10.8. The number of hydrogen-bond donors (Lipinski definition) is 1. The first-order valence-corrected chi connectivity index (χ1v) is 5.33. The van der Waals surface area contributed by atoms with Gasteiger partial charge in [-0.1, -0.05) is 16.8 Å². The Hall–Kier alpha value is -2.21. The highest BCUT2D eigenvalue weighted by Crippen LogP contribution is 2.38. The number of benzene rings is 1. The lowest BCUT2D eigenvalue weighted by molar-refractivity contribution is 0.0686. The minimum Gasteiger partial charge on any atom is -0.476 e. The maximum absolute atomic E-state index is 10.8. The zero-order chi connectivity index (χ0) is 12.7. The van der Waals surface area contributed by atoms with Gasteiger partial charge in [-0.05, 0) is 18.2 Å². The zero-order valence-corrected chi connectivity index (χ0v) is 9.60. The van der Waals surface area contributed by atoms with Crippen LogP contribution >= 0.6 is 11.6 Å². The normalized spacial score (nSPS) is 12.7. The van der Waals surface area contributed by atoms with Crippen molar-refractivity contribution in [3.8, 4) is 22.8 Å². The molecule has 0 saturated heterocycles. The van der Waals surface area contributed by atoms with Crippen LogP contribution in [0.2, 0.25) is 5.02 Å². The van der Waals surface area contributed by atoms with Crippen LogP contribution in [0.4, 0.5) is 0 Å². The van der Waals surface area contributed by atoms with Gasteiger partial charge in [0.15, 0.2) is 17.3 Å². The molecule has 0 bridgehead atoms. The van der Waals surface area contributed by atoms with E-state index >= 15 is 0 Å². The Balaban J connectivity index is 2.07. The Morgan fingerprint density at radius 2 is 2.11 bits per heavy atom. The summed E-state index contributed by atoms with van der Waals surface area (Å²) < 4.78 is 15.3. The van der Waals surface area contributed by atoms with Crippen LogP contribution in [-0.4, -0.2) is 23.0 Å². The smallest absolute Gasteiger partial charge is 0.359 e. The summed E-state index contributed by atoms with van der Waals surface area (Å²) in [5.41, 5.74) is 0.258. The molecule has 1 aliphatic heterocycles. The number of rotatable bonds is 2. The van der Waals surface area contributed by atoms with Crippen molar-refractivity contribution in [1.29, 1.82) is 0 Å². The Labute approximate surface area is 106 Å². The van der Waals surface area contributed by atoms with Gasteiger partial charge in [0.05, 0.1) is 0 Å². The van der Waals surface area contributed by atoms with E-state index in [1.165, 1.54) is 0 Å². The van der Waals surface area contributed by atoms with Gasteiger partial charge < -0.3 is 19.1 Å². The van der Waals surface area contributed by atoms with E-state index in [4.69, 9.17) is 30.7 Å². The highest BCUT2D eigenvalue weighted by Gasteiger charge is 2.22. The fraction of sp³-hybridized carbons (Fsp3) is 0.0909. The Morgan fingerprint density at radius 3 is 2.83 bits per heavy atom. The second-order valence-electron chi connectivity index (χ2n) is 3.55. The molecule has 1 N–H and O–H groups in total. The van der Waals surface area contributed by atoms with E-state index in [2.05, 4.69) is 5.16 Å². The number of aromatic carboxylic acids is 1. The van der Waals surface area contributed by atoms with Crippen molar-refractivity contribution >= 4 is 17.6 Å². The summed E-state index contributed by atoms with van der Waals surface area (Å²) in [5, 5.41) is 12.2. The zero-order valence-electron chi connectivity index (χ0n) is 8.84. The molecule has 1 aromatic heterocycles. The fourth-order valence-electron chi connectivity index (χ4n) is 1.63. The van der Waals surface area contributed by atoms with Crippen molar-refractivity contribution in [2.24, 2.45) is 0 Å². The van der Waals surface area contributed by atoms with Crippen LogP contribution in [-0.2, 0) is 0 Å². The number of halogens is 1. The molecule has 3 rings (SSSR count). The molecule has 0 unspecified atom stereocenters. The number of fused-ring (bicyclic) bond motifs is 1. The molecule has 18 heavy (non-hydrogen) atoms. The lowest BCUT2D eigenvalue weighted by atomic mass is 10.1. The molecule has 1 aromatic carbocycles. The molecule has 2 aromatic rings. The van der Waals surface area contributed by atoms with Gasteiger partial charge in [0.2, 0.25) is 12.5 Å². The van der Waals surface area contributed by atoms with Gasteiger partial charge in [0.25, 0.3) is 0 Å². The number of ether oxygens (including phenoxy) is 2. The number of carboxylic acids is 1. The van der Waals surface area contributed by atoms with Crippen molar-refractivity contribution in [3.63, 3.8) is 0 Å². The molecule has 0 amide bonds. The highest BCUT2D eigenvalue weighted by atomic mass is 35.5. The maximum Gasteiger partial charge on any atom is 0.359 e. The van der Waals surface area contributed by atoms with Crippen LogP contribution < -0.4 is 9.47 Å². The van der Waals surface area contributed by atoms with Crippen molar-refractivity contribution < 1.29 is 23.9 Å². The van der Waals surface area contributed by atoms with Gasteiger partial charge in [-0.3, -0.25) is 0 Å². The number of nitrogens with zero attached hydrogens (tertiary/aromatic N) is 1. The predicted molar refractivity (Wildman–Crippen MR) is 60.0 cm³/mol. The Bertz CT molecular complexity index is 636. The van der Waals surface area contributed by atoms with Crippen LogP contribution in [0.1, 0.15) is 10.5 Å². The molecule has 0 aliphatic carbocycles. The van der Waals surface area contributed by atoms with Crippen molar-refractivity contribution in [3.05, 3.63) is 28.9 Å². The van der Waals surface area contributed by atoms with E-state index in [1.807, 2.05) is 0 Å². The first-order chi connectivity index (χ1) is 8.66. The van der Waals surface area contributed by atoms with E-state index < -0.39 is 5.97 Å². The van der Waals surface area contributed by atoms with Gasteiger partial charge in [0.1, 0.15) is 5.02 Å². The quantitative estimate of drug-likeness (QED) is 0.900. The molecular weight excluding hydrogens is 262 g/mol. The van der Waals surface area contributed by atoms with Crippen LogP contribution in [0.25, 0.3) is 11.3 Å². The number of carboxylic acid groups (broad SMARTS) is 1. The van der Waals surface area contributed by atoms with Gasteiger partial charge in [0, 0.05) is 5.56 Å². The van der Waals surface area contributed by atoms with Gasteiger partial charge in [-0.25, -0.2) is 4.79 Å². The standard InChI is InChI=1S/C11H6ClNO5/c12-8-9(11(14)15)13-18-10(8)5-1-2-6-7(3-5)17-4-16-6/h1-3H,4H2,(H,14,15). The van der Waals surface area contributed by atoms with E-state index in [0.717, 1.165) is 0 Å². The van der Waals surface area contributed by atoms with E-state index in [0.29, 0.717) is 17.1 Å². The Morgan fingerprint density at radius 1 is 1.33 bits per heavy atom. The first-order valence-electron chi connectivity index (χ1n) is 4.95. The van der Waals surface area contributed by atoms with Crippen molar-refractivity contribution in [2.75, 3.05) is 6.79 Å². The number of carbonyl (C=O) groups is 1. The summed E-state index contributed by atoms with van der Waals surface area (Å²) in [6.45, 7) is 0.156. The number of hydrogen-bond acceptors (Lipinski definition) is 5. The van der Waals surface area contributed by atoms with E-state index in [-0.39, 0.29) is 23.3 Å². The molecule has 2 heterocycles. The molecule has 0 saturated carbocycles. The monoisotopic (exact) mass is 267 g/mol. The topological polar surface area (TPSA) is 81.8 Å².